The predicted octanol–water partition coefficient (Wildman–Crippen LogP) is 3.84. The quantitative estimate of drug-likeness (QED) is 0.805. The Hall–Kier alpha value is -0.530. The van der Waals surface area contributed by atoms with Gasteiger partial charge in [0.25, 0.3) is 0 Å². The van der Waals surface area contributed by atoms with Crippen molar-refractivity contribution in [3.05, 3.63) is 34.3 Å². The summed E-state index contributed by atoms with van der Waals surface area (Å²) in [6.07, 6.45) is 3.43. The number of nitrogens with two attached hydrogens (primary N) is 1. The van der Waals surface area contributed by atoms with E-state index in [-0.39, 0.29) is 6.04 Å². The zero-order valence-corrected chi connectivity index (χ0v) is 9.64. The van der Waals surface area contributed by atoms with E-state index in [1.54, 1.807) is 0 Å². The maximum atomic E-state index is 6.06. The van der Waals surface area contributed by atoms with Gasteiger partial charge in [0.2, 0.25) is 0 Å². The summed E-state index contributed by atoms with van der Waals surface area (Å²) in [5, 5.41) is 0.816. The van der Waals surface area contributed by atoms with Gasteiger partial charge in [0.05, 0.1) is 0 Å². The predicted molar refractivity (Wildman–Crippen MR) is 62.6 cm³/mol. The summed E-state index contributed by atoms with van der Waals surface area (Å²) >= 11 is 5.95. The molecule has 2 N–H and O–H groups in total. The third kappa shape index (κ3) is 3.00. The first-order chi connectivity index (χ1) is 6.65. The lowest BCUT2D eigenvalue weighted by Crippen LogP contribution is -2.10. The summed E-state index contributed by atoms with van der Waals surface area (Å²) in [7, 11) is 0. The van der Waals surface area contributed by atoms with Gasteiger partial charge < -0.3 is 5.73 Å². The van der Waals surface area contributed by atoms with Gasteiger partial charge in [0.1, 0.15) is 0 Å². The summed E-state index contributed by atoms with van der Waals surface area (Å²) < 4.78 is 0. The fourth-order valence-electron chi connectivity index (χ4n) is 1.49. The molecule has 1 atom stereocenters. The molecule has 0 aliphatic heterocycles. The van der Waals surface area contributed by atoms with Crippen molar-refractivity contribution in [2.24, 2.45) is 5.73 Å². The first-order valence-corrected chi connectivity index (χ1v) is 5.54. The van der Waals surface area contributed by atoms with E-state index in [9.17, 15) is 0 Å². The van der Waals surface area contributed by atoms with Crippen LogP contribution in [0.25, 0.3) is 0 Å². The van der Waals surface area contributed by atoms with Gasteiger partial charge in [-0.2, -0.15) is 0 Å². The maximum Gasteiger partial charge on any atom is 0.0435 e. The van der Waals surface area contributed by atoms with Crippen molar-refractivity contribution in [2.75, 3.05) is 0 Å². The van der Waals surface area contributed by atoms with Gasteiger partial charge in [-0.1, -0.05) is 43.5 Å². The molecule has 0 saturated heterocycles. The summed E-state index contributed by atoms with van der Waals surface area (Å²) in [4.78, 5) is 0. The number of hydrogen-bond donors (Lipinski definition) is 1. The van der Waals surface area contributed by atoms with E-state index in [0.29, 0.717) is 0 Å². The Morgan fingerprint density at radius 1 is 1.43 bits per heavy atom. The van der Waals surface area contributed by atoms with Crippen LogP contribution in [0.5, 0.6) is 0 Å². The highest BCUT2D eigenvalue weighted by Crippen LogP contribution is 2.22. The van der Waals surface area contributed by atoms with E-state index in [4.69, 9.17) is 17.3 Å². The number of unbranched alkanes of at least 4 members (excludes halogenated alkanes) is 1. The molecular weight excluding hydrogens is 194 g/mol. The molecule has 0 radical (unpaired) electrons. The Morgan fingerprint density at radius 3 is 2.71 bits per heavy atom. The number of benzene rings is 1. The van der Waals surface area contributed by atoms with Crippen molar-refractivity contribution in [2.45, 2.75) is 39.2 Å². The van der Waals surface area contributed by atoms with Crippen LogP contribution in [-0.2, 0) is 0 Å². The van der Waals surface area contributed by atoms with E-state index in [0.717, 1.165) is 17.0 Å². The molecule has 0 spiro atoms. The van der Waals surface area contributed by atoms with Gasteiger partial charge in [-0.05, 0) is 30.5 Å². The molecule has 0 bridgehead atoms. The molecule has 1 aromatic rings. The summed E-state index contributed by atoms with van der Waals surface area (Å²) in [5.41, 5.74) is 8.36. The number of hydrogen-bond acceptors (Lipinski definition) is 1. The molecule has 0 aliphatic carbocycles. The fourth-order valence-corrected chi connectivity index (χ4v) is 1.61. The van der Waals surface area contributed by atoms with Crippen molar-refractivity contribution in [1.29, 1.82) is 0 Å². The standard InChI is InChI=1S/C12H18ClN/c1-3-4-5-12(14)10-6-7-11(13)9(2)8-10/h6-8,12H,3-5,14H2,1-2H3. The van der Waals surface area contributed by atoms with Gasteiger partial charge in [-0.25, -0.2) is 0 Å². The molecule has 78 valence electrons. The lowest BCUT2D eigenvalue weighted by molar-refractivity contribution is 0.603. The van der Waals surface area contributed by atoms with Gasteiger partial charge in [-0.15, -0.1) is 0 Å². The Balaban J connectivity index is 2.70. The highest BCUT2D eigenvalue weighted by atomic mass is 35.5. The normalized spacial score (nSPS) is 12.9. The molecule has 0 aromatic heterocycles. The maximum absolute atomic E-state index is 6.06. The molecule has 1 nitrogen and oxygen atoms in total. The third-order valence-corrected chi connectivity index (χ3v) is 2.90. The van der Waals surface area contributed by atoms with Crippen LogP contribution in [0.15, 0.2) is 18.2 Å². The largest absolute Gasteiger partial charge is 0.324 e. The van der Waals surface area contributed by atoms with Crippen molar-refractivity contribution in [1.82, 2.24) is 0 Å². The highest BCUT2D eigenvalue weighted by Gasteiger charge is 2.06. The molecule has 1 unspecified atom stereocenters. The van der Waals surface area contributed by atoms with Crippen molar-refractivity contribution >= 4 is 11.6 Å². The molecular formula is C12H18ClN. The zero-order valence-electron chi connectivity index (χ0n) is 8.89. The van der Waals surface area contributed by atoms with E-state index in [1.807, 2.05) is 19.1 Å². The minimum Gasteiger partial charge on any atom is -0.324 e. The summed E-state index contributed by atoms with van der Waals surface area (Å²) in [5.74, 6) is 0. The van der Waals surface area contributed by atoms with Crippen LogP contribution in [0, 0.1) is 6.92 Å². The monoisotopic (exact) mass is 211 g/mol. The van der Waals surface area contributed by atoms with E-state index in [1.165, 1.54) is 18.4 Å². The first kappa shape index (κ1) is 11.5. The van der Waals surface area contributed by atoms with E-state index < -0.39 is 0 Å². The lowest BCUT2D eigenvalue weighted by atomic mass is 10.0. The number of halogens is 1. The van der Waals surface area contributed by atoms with Gasteiger partial charge >= 0.3 is 0 Å². The molecule has 0 fully saturated rings. The lowest BCUT2D eigenvalue weighted by Gasteiger charge is -2.12. The third-order valence-electron chi connectivity index (χ3n) is 2.48. The van der Waals surface area contributed by atoms with Crippen LogP contribution in [0.1, 0.15) is 43.4 Å². The van der Waals surface area contributed by atoms with Crippen LogP contribution >= 0.6 is 11.6 Å². The molecule has 14 heavy (non-hydrogen) atoms. The SMILES string of the molecule is CCCCC(N)c1ccc(Cl)c(C)c1. The summed E-state index contributed by atoms with van der Waals surface area (Å²) in [6.45, 7) is 4.19. The molecule has 1 aromatic carbocycles. The Bertz CT molecular complexity index is 296. The van der Waals surface area contributed by atoms with Crippen molar-refractivity contribution in [3.8, 4) is 0 Å². The second kappa shape index (κ2) is 5.38. The van der Waals surface area contributed by atoms with E-state index >= 15 is 0 Å². The van der Waals surface area contributed by atoms with Crippen molar-refractivity contribution in [3.63, 3.8) is 0 Å². The Morgan fingerprint density at radius 2 is 2.14 bits per heavy atom. The van der Waals surface area contributed by atoms with E-state index in [2.05, 4.69) is 13.0 Å². The van der Waals surface area contributed by atoms with Crippen LogP contribution in [-0.4, -0.2) is 0 Å². The molecule has 0 amide bonds. The molecule has 0 aliphatic rings. The Labute approximate surface area is 91.3 Å². The van der Waals surface area contributed by atoms with Gasteiger partial charge in [0.15, 0.2) is 0 Å². The highest BCUT2D eigenvalue weighted by molar-refractivity contribution is 6.31. The van der Waals surface area contributed by atoms with Crippen LogP contribution < -0.4 is 5.73 Å². The van der Waals surface area contributed by atoms with Crippen LogP contribution in [0.2, 0.25) is 5.02 Å². The summed E-state index contributed by atoms with van der Waals surface area (Å²) in [6, 6.07) is 6.20. The average Bonchev–Trinajstić information content (AvgIpc) is 2.18. The number of rotatable bonds is 4. The minimum atomic E-state index is 0.158. The molecule has 2 heteroatoms. The van der Waals surface area contributed by atoms with Gasteiger partial charge in [-0.3, -0.25) is 0 Å². The first-order valence-electron chi connectivity index (χ1n) is 5.16. The molecule has 0 heterocycles. The molecule has 1 rings (SSSR count). The van der Waals surface area contributed by atoms with Crippen molar-refractivity contribution < 1.29 is 0 Å². The average molecular weight is 212 g/mol. The zero-order chi connectivity index (χ0) is 10.6. The molecule has 0 saturated carbocycles. The van der Waals surface area contributed by atoms with Gasteiger partial charge in [0, 0.05) is 11.1 Å². The second-order valence-corrected chi connectivity index (χ2v) is 4.16. The number of aryl methyl sites for hydroxylation is 1. The minimum absolute atomic E-state index is 0.158. The van der Waals surface area contributed by atoms with Crippen LogP contribution in [0.3, 0.4) is 0 Å². The fraction of sp³-hybridized carbons (Fsp3) is 0.500. The topological polar surface area (TPSA) is 26.0 Å². The Kier molecular flexibility index (Phi) is 4.43. The van der Waals surface area contributed by atoms with Crippen LogP contribution in [0.4, 0.5) is 0 Å². The smallest absolute Gasteiger partial charge is 0.0435 e. The second-order valence-electron chi connectivity index (χ2n) is 3.76.